The van der Waals surface area contributed by atoms with Crippen molar-refractivity contribution in [2.24, 2.45) is 11.8 Å². The van der Waals surface area contributed by atoms with Crippen molar-refractivity contribution in [1.29, 1.82) is 0 Å². The lowest BCUT2D eigenvalue weighted by Gasteiger charge is -2.42. The van der Waals surface area contributed by atoms with E-state index in [1.165, 1.54) is 63.7 Å². The number of nitrogens with one attached hydrogen (secondary N) is 4. The van der Waals surface area contributed by atoms with Crippen LogP contribution in [0.1, 0.15) is 98.6 Å². The Labute approximate surface area is 425 Å². The summed E-state index contributed by atoms with van der Waals surface area (Å²) in [6, 6.07) is 7.70. The second-order valence-electron chi connectivity index (χ2n) is 20.6. The third-order valence-corrected chi connectivity index (χ3v) is 14.0. The molecular formula is C53H79N9O10. The first kappa shape index (κ1) is 58.2. The summed E-state index contributed by atoms with van der Waals surface area (Å²) in [5.74, 6) is -7.33. The summed E-state index contributed by atoms with van der Waals surface area (Å²) in [6.07, 6.45) is 0.801. The lowest BCUT2D eigenvalue weighted by Crippen LogP contribution is -2.66. The van der Waals surface area contributed by atoms with Crippen LogP contribution in [-0.2, 0) is 56.0 Å². The Bertz CT molecular complexity index is 2240. The molecule has 9 atom stereocenters. The number of carbonyl (C=O) groups is 9. The maximum absolute atomic E-state index is 15.0. The lowest BCUT2D eigenvalue weighted by molar-refractivity contribution is -0.156. The highest BCUT2D eigenvalue weighted by Gasteiger charge is 2.47. The number of rotatable bonds is 10. The largest absolute Gasteiger partial charge is 0.391 e. The minimum atomic E-state index is -1.84. The molecule has 0 saturated carbocycles. The number of likely N-dealkylation sites (N-methyl/N-ethyl adjacent to an activating group) is 4. The van der Waals surface area contributed by atoms with Crippen molar-refractivity contribution in [3.05, 3.63) is 71.8 Å². The molecule has 4 rings (SSSR count). The van der Waals surface area contributed by atoms with E-state index in [9.17, 15) is 48.3 Å². The zero-order valence-corrected chi connectivity index (χ0v) is 44.3. The topological polar surface area (TPSA) is 238 Å². The number of nitrogens with zero attached hydrogens (tertiary/aromatic N) is 5. The number of hydrogen-bond donors (Lipinski definition) is 5. The molecule has 0 aliphatic carbocycles. The summed E-state index contributed by atoms with van der Waals surface area (Å²) in [5, 5.41) is 21.7. The summed E-state index contributed by atoms with van der Waals surface area (Å²) in [7, 11) is 5.53. The van der Waals surface area contributed by atoms with Gasteiger partial charge < -0.3 is 50.9 Å². The van der Waals surface area contributed by atoms with Crippen molar-refractivity contribution in [2.75, 3.05) is 41.3 Å². The molecule has 2 saturated heterocycles. The van der Waals surface area contributed by atoms with E-state index in [-0.39, 0.29) is 37.5 Å². The fraction of sp³-hybridized carbons (Fsp3) is 0.604. The van der Waals surface area contributed by atoms with Crippen molar-refractivity contribution in [3.8, 4) is 0 Å². The van der Waals surface area contributed by atoms with Crippen LogP contribution in [0.3, 0.4) is 0 Å². The van der Waals surface area contributed by atoms with Gasteiger partial charge in [0.05, 0.1) is 6.10 Å². The number of aliphatic hydroxyl groups excluding tert-OH is 1. The quantitative estimate of drug-likeness (QED) is 0.216. The molecule has 2 heterocycles. The molecule has 0 spiro atoms. The molecule has 5 N–H and O–H groups in total. The highest BCUT2D eigenvalue weighted by atomic mass is 16.3. The smallest absolute Gasteiger partial charge is 0.255 e. The fourth-order valence-electron chi connectivity index (χ4n) is 9.40. The van der Waals surface area contributed by atoms with Crippen molar-refractivity contribution in [2.45, 2.75) is 154 Å². The summed E-state index contributed by atoms with van der Waals surface area (Å²) in [4.78, 5) is 138. The lowest BCUT2D eigenvalue weighted by atomic mass is 9.87. The van der Waals surface area contributed by atoms with Gasteiger partial charge in [0, 0.05) is 54.1 Å². The second kappa shape index (κ2) is 25.8. The van der Waals surface area contributed by atoms with E-state index in [0.29, 0.717) is 37.1 Å². The standard InChI is InChI=1S/C53H79N9O10/c1-32(2)28-40-44(64)56-42(36(7)63)46(66)54-34(5)47(67)59(10)41(30-38-24-18-14-19-25-38)45(65)57-43(51(71)62-26-20-15-21-27-62)50(70)58(9)35(6)48(68)61(12)53(8,31-33(3)4)52(72)55-39(49(69)60(40)11)29-37-22-16-13-17-23-37/h13-14,16-19,22-25,32-36,39-43,63H,15,20-21,26-31H2,1-12H3,(H,54,66)(H,55,72)(H,56,64)(H,57,65)/t34-,35-,36+,39-,40-,41-,42-,43-,53-/m0/s1. The minimum Gasteiger partial charge on any atom is -0.391 e. The van der Waals surface area contributed by atoms with E-state index >= 15 is 0 Å². The Balaban J connectivity index is 1.92. The van der Waals surface area contributed by atoms with Gasteiger partial charge in [-0.15, -0.1) is 0 Å². The van der Waals surface area contributed by atoms with Crippen molar-refractivity contribution in [3.63, 3.8) is 0 Å². The molecular weight excluding hydrogens is 923 g/mol. The molecule has 396 valence electrons. The average molecular weight is 1000 g/mol. The van der Waals surface area contributed by atoms with E-state index < -0.39 is 107 Å². The van der Waals surface area contributed by atoms with Crippen molar-refractivity contribution >= 4 is 53.2 Å². The summed E-state index contributed by atoms with van der Waals surface area (Å²) in [6.45, 7) is 13.7. The van der Waals surface area contributed by atoms with E-state index in [1.807, 2.05) is 27.7 Å². The van der Waals surface area contributed by atoms with Gasteiger partial charge in [0.2, 0.25) is 41.4 Å². The number of hydrogen-bond acceptors (Lipinski definition) is 10. The van der Waals surface area contributed by atoms with Gasteiger partial charge in [-0.05, 0) is 82.8 Å². The Hall–Kier alpha value is -6.37. The number of likely N-dealkylation sites (tertiary alicyclic amines) is 1. The molecule has 2 aliphatic rings. The molecule has 2 aromatic rings. The third-order valence-electron chi connectivity index (χ3n) is 14.0. The maximum atomic E-state index is 15.0. The first-order valence-electron chi connectivity index (χ1n) is 25.1. The molecule has 9 amide bonds. The van der Waals surface area contributed by atoms with Crippen LogP contribution in [0.2, 0.25) is 0 Å². The highest BCUT2D eigenvalue weighted by Crippen LogP contribution is 2.27. The van der Waals surface area contributed by atoms with Crippen LogP contribution in [0.25, 0.3) is 0 Å². The number of amides is 9. The van der Waals surface area contributed by atoms with Crippen LogP contribution in [0.4, 0.5) is 0 Å². The number of piperidine rings is 1. The van der Waals surface area contributed by atoms with Crippen LogP contribution in [0.15, 0.2) is 60.7 Å². The maximum Gasteiger partial charge on any atom is 0.255 e. The Morgan fingerprint density at radius 2 is 1.15 bits per heavy atom. The molecule has 2 aliphatic heterocycles. The Kier molecular flexibility index (Phi) is 20.9. The zero-order chi connectivity index (χ0) is 53.8. The normalized spacial score (nSPS) is 27.0. The third kappa shape index (κ3) is 14.6. The molecule has 0 aromatic heterocycles. The average Bonchev–Trinajstić information content (AvgIpc) is 3.35. The molecule has 0 radical (unpaired) electrons. The molecule has 19 heteroatoms. The zero-order valence-electron chi connectivity index (χ0n) is 44.3. The highest BCUT2D eigenvalue weighted by molar-refractivity contribution is 6.09. The summed E-state index contributed by atoms with van der Waals surface area (Å²) < 4.78 is 0. The molecule has 0 bridgehead atoms. The van der Waals surface area contributed by atoms with Crippen molar-refractivity contribution in [1.82, 2.24) is 45.8 Å². The van der Waals surface area contributed by atoms with Gasteiger partial charge in [0.1, 0.15) is 41.8 Å². The van der Waals surface area contributed by atoms with Gasteiger partial charge in [-0.3, -0.25) is 43.2 Å². The second-order valence-corrected chi connectivity index (χ2v) is 20.6. The van der Waals surface area contributed by atoms with Crippen LogP contribution >= 0.6 is 0 Å². The van der Waals surface area contributed by atoms with Gasteiger partial charge in [-0.25, -0.2) is 0 Å². The van der Waals surface area contributed by atoms with Gasteiger partial charge in [-0.1, -0.05) is 88.4 Å². The van der Waals surface area contributed by atoms with Gasteiger partial charge >= 0.3 is 0 Å². The van der Waals surface area contributed by atoms with Crippen LogP contribution in [0.5, 0.6) is 0 Å². The fourth-order valence-corrected chi connectivity index (χ4v) is 9.40. The number of carbonyl (C=O) groups excluding carboxylic acids is 9. The number of benzene rings is 2. The predicted molar refractivity (Wildman–Crippen MR) is 271 cm³/mol. The SMILES string of the molecule is CC(C)C[C@H]1C(=O)N[C@@H]([C@@H](C)O)C(=O)N[C@@H](C)C(=O)N(C)[C@@H](Cc2ccccc2)C(=O)N[C@H](C(=O)N2CCCCC2)C(=O)N(C)[C@@H](C)C(=O)N(C)[C@@](C)(CC(C)C)C(=O)N[C@@H](Cc2ccccc2)C(=O)N1C. The Morgan fingerprint density at radius 1 is 0.625 bits per heavy atom. The van der Waals surface area contributed by atoms with Crippen LogP contribution in [-0.4, -0.2) is 178 Å². The number of aliphatic hydroxyl groups is 1. The van der Waals surface area contributed by atoms with Gasteiger partial charge in [0.15, 0.2) is 6.04 Å². The molecule has 2 aromatic carbocycles. The van der Waals surface area contributed by atoms with Crippen LogP contribution in [0, 0.1) is 11.8 Å². The Morgan fingerprint density at radius 3 is 1.68 bits per heavy atom. The minimum absolute atomic E-state index is 0.0156. The van der Waals surface area contributed by atoms with Gasteiger partial charge in [0.25, 0.3) is 11.8 Å². The van der Waals surface area contributed by atoms with E-state index in [0.717, 1.165) is 16.2 Å². The summed E-state index contributed by atoms with van der Waals surface area (Å²) in [5.41, 5.74) is -0.338. The molecule has 2 fully saturated rings. The predicted octanol–water partition coefficient (Wildman–Crippen LogP) is 1.65. The van der Waals surface area contributed by atoms with Gasteiger partial charge in [-0.2, -0.15) is 0 Å². The first-order chi connectivity index (χ1) is 33.8. The van der Waals surface area contributed by atoms with Crippen LogP contribution < -0.4 is 21.3 Å². The molecule has 0 unspecified atom stereocenters. The van der Waals surface area contributed by atoms with E-state index in [1.54, 1.807) is 67.6 Å². The first-order valence-corrected chi connectivity index (χ1v) is 25.1. The van der Waals surface area contributed by atoms with E-state index in [2.05, 4.69) is 21.3 Å². The molecule has 72 heavy (non-hydrogen) atoms. The molecule has 19 nitrogen and oxygen atoms in total. The monoisotopic (exact) mass is 1000 g/mol. The van der Waals surface area contributed by atoms with Crippen molar-refractivity contribution < 1.29 is 48.3 Å². The summed E-state index contributed by atoms with van der Waals surface area (Å²) >= 11 is 0. The van der Waals surface area contributed by atoms with E-state index in [4.69, 9.17) is 0 Å².